The number of anilines is 1. The van der Waals surface area contributed by atoms with E-state index in [4.69, 9.17) is 0 Å². The van der Waals surface area contributed by atoms with Crippen LogP contribution in [0.1, 0.15) is 5.69 Å². The molecule has 25 heavy (non-hydrogen) atoms. The van der Waals surface area contributed by atoms with E-state index in [9.17, 15) is 31.7 Å². The van der Waals surface area contributed by atoms with E-state index in [1.807, 2.05) is 0 Å². The van der Waals surface area contributed by atoms with Crippen LogP contribution in [0.4, 0.5) is 24.5 Å². The Morgan fingerprint density at radius 1 is 1.24 bits per heavy atom. The van der Waals surface area contributed by atoms with E-state index >= 15 is 0 Å². The Kier molecular flexibility index (Phi) is 4.97. The van der Waals surface area contributed by atoms with Crippen LogP contribution in [0.2, 0.25) is 0 Å². The molecule has 0 aliphatic carbocycles. The van der Waals surface area contributed by atoms with Gasteiger partial charge < -0.3 is 4.90 Å². The summed E-state index contributed by atoms with van der Waals surface area (Å²) in [6.45, 7) is 0.146. The molecule has 0 unspecified atom stereocenters. The number of nitrogens with zero attached hydrogens (tertiary/aromatic N) is 3. The third-order valence-electron chi connectivity index (χ3n) is 3.30. The number of rotatable bonds is 5. The lowest BCUT2D eigenvalue weighted by Crippen LogP contribution is -2.24. The van der Waals surface area contributed by atoms with Gasteiger partial charge in [-0.05, 0) is 24.3 Å². The first-order valence-electron chi connectivity index (χ1n) is 6.75. The highest BCUT2D eigenvalue weighted by Crippen LogP contribution is 2.36. The number of pyridine rings is 1. The largest absolute Gasteiger partial charge is 0.501 e. The van der Waals surface area contributed by atoms with Crippen molar-refractivity contribution in [1.29, 1.82) is 0 Å². The molecule has 0 aliphatic heterocycles. The molecule has 0 atom stereocenters. The number of hydrogen-bond donors (Lipinski definition) is 0. The van der Waals surface area contributed by atoms with Crippen LogP contribution in [-0.2, 0) is 16.4 Å². The van der Waals surface area contributed by atoms with Gasteiger partial charge in [-0.2, -0.15) is 13.2 Å². The number of hydrogen-bond acceptors (Lipinski definition) is 6. The van der Waals surface area contributed by atoms with Crippen molar-refractivity contribution in [3.63, 3.8) is 0 Å². The lowest BCUT2D eigenvalue weighted by atomic mass is 10.2. The number of sulfone groups is 1. The van der Waals surface area contributed by atoms with Gasteiger partial charge in [-0.1, -0.05) is 6.07 Å². The van der Waals surface area contributed by atoms with E-state index in [0.29, 0.717) is 17.8 Å². The van der Waals surface area contributed by atoms with Gasteiger partial charge in [0.15, 0.2) is 0 Å². The Morgan fingerprint density at radius 2 is 1.92 bits per heavy atom. The molecule has 0 saturated heterocycles. The highest BCUT2D eigenvalue weighted by molar-refractivity contribution is 7.92. The maximum absolute atomic E-state index is 12.6. The number of aromatic nitrogens is 1. The minimum absolute atomic E-state index is 0.0308. The molecule has 134 valence electrons. The zero-order chi connectivity index (χ0) is 18.8. The quantitative estimate of drug-likeness (QED) is 0.589. The highest BCUT2D eigenvalue weighted by atomic mass is 32.2. The van der Waals surface area contributed by atoms with Crippen molar-refractivity contribution in [3.8, 4) is 0 Å². The molecule has 0 radical (unpaired) electrons. The minimum atomic E-state index is -5.67. The number of halogens is 3. The van der Waals surface area contributed by atoms with Crippen molar-refractivity contribution in [3.05, 3.63) is 58.4 Å². The van der Waals surface area contributed by atoms with E-state index in [2.05, 4.69) is 4.98 Å². The van der Waals surface area contributed by atoms with Gasteiger partial charge in [-0.25, -0.2) is 8.42 Å². The molecule has 0 saturated carbocycles. The zero-order valence-electron chi connectivity index (χ0n) is 12.8. The molecule has 11 heteroatoms. The molecular weight excluding hydrogens is 363 g/mol. The Labute approximate surface area is 140 Å². The average molecular weight is 375 g/mol. The molecule has 2 rings (SSSR count). The third kappa shape index (κ3) is 3.87. The maximum Gasteiger partial charge on any atom is 0.501 e. The first-order valence-corrected chi connectivity index (χ1v) is 8.23. The van der Waals surface area contributed by atoms with Crippen molar-refractivity contribution >= 4 is 21.2 Å². The molecule has 1 aromatic carbocycles. The van der Waals surface area contributed by atoms with Crippen LogP contribution >= 0.6 is 0 Å². The van der Waals surface area contributed by atoms with Gasteiger partial charge in [-0.3, -0.25) is 15.1 Å². The fraction of sp³-hybridized carbons (Fsp3) is 0.214. The SMILES string of the molecule is CN(Cc1ccccn1)c1ccc(S(=O)(=O)C(F)(F)F)cc1[N+](=O)[O-]. The smallest absolute Gasteiger partial charge is 0.363 e. The van der Waals surface area contributed by atoms with Gasteiger partial charge in [0.05, 0.1) is 22.1 Å². The van der Waals surface area contributed by atoms with Gasteiger partial charge in [0.25, 0.3) is 15.5 Å². The Balaban J connectivity index is 2.45. The fourth-order valence-corrected chi connectivity index (χ4v) is 2.87. The summed E-state index contributed by atoms with van der Waals surface area (Å²) in [5, 5.41) is 11.2. The molecule has 0 fully saturated rings. The summed E-state index contributed by atoms with van der Waals surface area (Å²) in [7, 11) is -4.19. The van der Waals surface area contributed by atoms with Crippen molar-refractivity contribution in [1.82, 2.24) is 4.98 Å². The second-order valence-corrected chi connectivity index (χ2v) is 6.98. The molecule has 0 amide bonds. The first-order chi connectivity index (χ1) is 11.5. The summed E-state index contributed by atoms with van der Waals surface area (Å²) in [6.07, 6.45) is 1.52. The van der Waals surface area contributed by atoms with Crippen LogP contribution in [0.5, 0.6) is 0 Å². The van der Waals surface area contributed by atoms with Crippen LogP contribution in [0.15, 0.2) is 47.5 Å². The van der Waals surface area contributed by atoms with Crippen molar-refractivity contribution < 1.29 is 26.5 Å². The van der Waals surface area contributed by atoms with E-state index < -0.39 is 30.9 Å². The first kappa shape index (κ1) is 18.6. The molecule has 2 aromatic rings. The zero-order valence-corrected chi connectivity index (χ0v) is 13.6. The number of alkyl halides is 3. The van der Waals surface area contributed by atoms with Crippen LogP contribution in [-0.4, -0.2) is 30.9 Å². The second kappa shape index (κ2) is 6.67. The van der Waals surface area contributed by atoms with Crippen LogP contribution in [0.25, 0.3) is 0 Å². The van der Waals surface area contributed by atoms with Gasteiger partial charge in [0.1, 0.15) is 5.69 Å². The van der Waals surface area contributed by atoms with Crippen molar-refractivity contribution in [2.75, 3.05) is 11.9 Å². The number of nitro benzene ring substituents is 1. The average Bonchev–Trinajstić information content (AvgIpc) is 2.54. The summed E-state index contributed by atoms with van der Waals surface area (Å²) in [5.41, 5.74) is -5.74. The predicted octanol–water partition coefficient (Wildman–Crippen LogP) is 2.92. The Morgan fingerprint density at radius 3 is 2.44 bits per heavy atom. The molecule has 0 N–H and O–H groups in total. The van der Waals surface area contributed by atoms with Crippen LogP contribution in [0.3, 0.4) is 0 Å². The van der Waals surface area contributed by atoms with Gasteiger partial charge in [0.2, 0.25) is 0 Å². The summed E-state index contributed by atoms with van der Waals surface area (Å²) >= 11 is 0. The summed E-state index contributed by atoms with van der Waals surface area (Å²) < 4.78 is 60.7. The summed E-state index contributed by atoms with van der Waals surface area (Å²) in [5.74, 6) is 0. The third-order valence-corrected chi connectivity index (χ3v) is 4.78. The van der Waals surface area contributed by atoms with E-state index in [1.165, 1.54) is 18.1 Å². The molecule has 7 nitrogen and oxygen atoms in total. The van der Waals surface area contributed by atoms with E-state index in [1.54, 1.807) is 18.2 Å². The fourth-order valence-electron chi connectivity index (χ4n) is 2.09. The molecule has 0 bridgehead atoms. The van der Waals surface area contributed by atoms with Crippen molar-refractivity contribution in [2.45, 2.75) is 16.9 Å². The van der Waals surface area contributed by atoms with Gasteiger partial charge >= 0.3 is 5.51 Å². The number of nitro groups is 1. The van der Waals surface area contributed by atoms with E-state index in [-0.39, 0.29) is 12.2 Å². The topological polar surface area (TPSA) is 93.4 Å². The lowest BCUT2D eigenvalue weighted by molar-refractivity contribution is -0.384. The van der Waals surface area contributed by atoms with E-state index in [0.717, 1.165) is 6.07 Å². The normalized spacial score (nSPS) is 12.0. The maximum atomic E-state index is 12.6. The van der Waals surface area contributed by atoms with Crippen LogP contribution in [0, 0.1) is 10.1 Å². The van der Waals surface area contributed by atoms with Gasteiger partial charge in [-0.15, -0.1) is 0 Å². The number of benzene rings is 1. The molecular formula is C14H12F3N3O4S. The molecule has 0 aliphatic rings. The van der Waals surface area contributed by atoms with Crippen LogP contribution < -0.4 is 4.90 Å². The highest BCUT2D eigenvalue weighted by Gasteiger charge is 2.47. The second-order valence-electron chi connectivity index (χ2n) is 5.03. The Bertz CT molecular complexity index is 886. The molecule has 1 aromatic heterocycles. The molecule has 0 spiro atoms. The predicted molar refractivity (Wildman–Crippen MR) is 82.7 cm³/mol. The van der Waals surface area contributed by atoms with Gasteiger partial charge in [0, 0.05) is 19.3 Å². The minimum Gasteiger partial charge on any atom is -0.363 e. The lowest BCUT2D eigenvalue weighted by Gasteiger charge is -2.19. The summed E-state index contributed by atoms with van der Waals surface area (Å²) in [4.78, 5) is 14.5. The van der Waals surface area contributed by atoms with Crippen molar-refractivity contribution in [2.24, 2.45) is 0 Å². The monoisotopic (exact) mass is 375 g/mol. The summed E-state index contributed by atoms with van der Waals surface area (Å²) in [6, 6.07) is 7.14. The molecule has 1 heterocycles. The Hall–Kier alpha value is -2.69. The standard InChI is InChI=1S/C14H12F3N3O4S/c1-19(9-10-4-2-3-7-18-10)12-6-5-11(8-13(12)20(21)22)25(23,24)14(15,16)17/h2-8H,9H2,1H3.